The van der Waals surface area contributed by atoms with Crippen molar-refractivity contribution in [3.63, 3.8) is 0 Å². The first-order valence-corrected chi connectivity index (χ1v) is 9.50. The number of rotatable bonds is 4. The number of halogens is 1. The molecular weight excluding hydrogens is 408 g/mol. The zero-order valence-corrected chi connectivity index (χ0v) is 16.6. The summed E-state index contributed by atoms with van der Waals surface area (Å²) in [5, 5.41) is 19.8. The molecule has 3 N–H and O–H groups in total. The summed E-state index contributed by atoms with van der Waals surface area (Å²) in [4.78, 5) is 36.3. The highest BCUT2D eigenvalue weighted by Gasteiger charge is 2.34. The molecule has 1 aromatic heterocycles. The lowest BCUT2D eigenvalue weighted by atomic mass is 10.1. The molecule has 9 heteroatoms. The van der Waals surface area contributed by atoms with Gasteiger partial charge in [0.15, 0.2) is 0 Å². The summed E-state index contributed by atoms with van der Waals surface area (Å²) in [5.41, 5.74) is 2.55. The second-order valence-corrected chi connectivity index (χ2v) is 7.35. The van der Waals surface area contributed by atoms with Gasteiger partial charge in [0, 0.05) is 21.8 Å². The molecule has 2 amide bonds. The Bertz CT molecular complexity index is 1170. The number of carboxylic acids is 1. The molecule has 0 aliphatic carbocycles. The van der Waals surface area contributed by atoms with Crippen molar-refractivity contribution in [2.45, 2.75) is 19.4 Å². The molecule has 0 bridgehead atoms. The number of aromatic carboxylic acids is 1. The normalized spacial score (nSPS) is 15.3. The van der Waals surface area contributed by atoms with Gasteiger partial charge in [-0.1, -0.05) is 29.8 Å². The highest BCUT2D eigenvalue weighted by atomic mass is 35.5. The van der Waals surface area contributed by atoms with E-state index in [1.54, 1.807) is 18.2 Å². The van der Waals surface area contributed by atoms with Gasteiger partial charge in [-0.15, -0.1) is 0 Å². The van der Waals surface area contributed by atoms with E-state index >= 15 is 0 Å². The lowest BCUT2D eigenvalue weighted by Crippen LogP contribution is -2.36. The van der Waals surface area contributed by atoms with Crippen LogP contribution in [0.5, 0.6) is 0 Å². The van der Waals surface area contributed by atoms with Crippen LogP contribution in [0.4, 0.5) is 11.5 Å². The van der Waals surface area contributed by atoms with Gasteiger partial charge in [0.1, 0.15) is 11.9 Å². The molecule has 1 atom stereocenters. The smallest absolute Gasteiger partial charge is 0.335 e. The summed E-state index contributed by atoms with van der Waals surface area (Å²) >= 11 is 5.96. The Morgan fingerprint density at radius 2 is 1.97 bits per heavy atom. The molecule has 0 saturated heterocycles. The first-order chi connectivity index (χ1) is 14.3. The number of anilines is 2. The number of nitrogens with one attached hydrogen (secondary N) is 2. The summed E-state index contributed by atoms with van der Waals surface area (Å²) in [7, 11) is 0. The molecule has 1 aliphatic rings. The van der Waals surface area contributed by atoms with Crippen LogP contribution in [-0.4, -0.2) is 32.7 Å². The van der Waals surface area contributed by atoms with E-state index < -0.39 is 17.9 Å². The minimum atomic E-state index is -1.10. The van der Waals surface area contributed by atoms with E-state index in [1.165, 1.54) is 22.9 Å². The molecule has 2 aromatic carbocycles. The number of carbonyl (C=O) groups is 3. The van der Waals surface area contributed by atoms with Crippen molar-refractivity contribution in [3.8, 4) is 11.3 Å². The maximum Gasteiger partial charge on any atom is 0.335 e. The minimum Gasteiger partial charge on any atom is -0.478 e. The molecule has 30 heavy (non-hydrogen) atoms. The van der Waals surface area contributed by atoms with Crippen LogP contribution in [0.15, 0.2) is 48.5 Å². The number of nitrogens with zero attached hydrogens (tertiary/aromatic N) is 2. The van der Waals surface area contributed by atoms with Crippen LogP contribution in [0.25, 0.3) is 11.3 Å². The molecule has 0 radical (unpaired) electrons. The molecular formula is C21H17ClN4O4. The standard InChI is InChI=1S/C21H17ClN4O4/c1-11-18(12-5-7-14(22)8-6-12)25-26-16(10-17(27)24-19(11)26)20(28)23-15-4-2-3-13(9-15)21(29)30/h2-9,16H,10H2,1H3,(H,23,28)(H,24,27)(H,29,30)/t16-/m0/s1. The summed E-state index contributed by atoms with van der Waals surface area (Å²) in [6.07, 6.45) is -0.0847. The first kappa shape index (κ1) is 19.7. The average Bonchev–Trinajstić information content (AvgIpc) is 3.04. The van der Waals surface area contributed by atoms with Crippen LogP contribution in [0.2, 0.25) is 5.02 Å². The van der Waals surface area contributed by atoms with Gasteiger partial charge in [-0.3, -0.25) is 9.59 Å². The molecule has 3 aromatic rings. The van der Waals surface area contributed by atoms with Gasteiger partial charge in [-0.05, 0) is 37.3 Å². The van der Waals surface area contributed by atoms with Crippen LogP contribution < -0.4 is 10.6 Å². The summed E-state index contributed by atoms with van der Waals surface area (Å²) in [6, 6.07) is 12.2. The number of carboxylic acid groups (broad SMARTS) is 1. The molecule has 0 fully saturated rings. The number of fused-ring (bicyclic) bond motifs is 1. The first-order valence-electron chi connectivity index (χ1n) is 9.12. The molecule has 0 spiro atoms. The Balaban J connectivity index is 1.68. The van der Waals surface area contributed by atoms with Crippen LogP contribution in [0, 0.1) is 6.92 Å². The Kier molecular flexibility index (Phi) is 5.01. The fraction of sp³-hybridized carbons (Fsp3) is 0.143. The fourth-order valence-electron chi connectivity index (χ4n) is 3.38. The Morgan fingerprint density at radius 1 is 1.23 bits per heavy atom. The highest BCUT2D eigenvalue weighted by Crippen LogP contribution is 2.34. The zero-order valence-electron chi connectivity index (χ0n) is 15.8. The molecule has 1 aliphatic heterocycles. The third-order valence-electron chi connectivity index (χ3n) is 4.88. The topological polar surface area (TPSA) is 113 Å². The van der Waals surface area contributed by atoms with Crippen molar-refractivity contribution < 1.29 is 19.5 Å². The predicted molar refractivity (Wildman–Crippen MR) is 112 cm³/mol. The Hall–Kier alpha value is -3.65. The van der Waals surface area contributed by atoms with E-state index in [0.717, 1.165) is 11.1 Å². The van der Waals surface area contributed by atoms with E-state index in [9.17, 15) is 14.4 Å². The number of amides is 2. The van der Waals surface area contributed by atoms with Crippen molar-refractivity contribution in [2.75, 3.05) is 10.6 Å². The maximum absolute atomic E-state index is 12.9. The monoisotopic (exact) mass is 424 g/mol. The van der Waals surface area contributed by atoms with Gasteiger partial charge in [0.05, 0.1) is 17.7 Å². The van der Waals surface area contributed by atoms with Crippen LogP contribution in [0.3, 0.4) is 0 Å². The Morgan fingerprint density at radius 3 is 2.67 bits per heavy atom. The van der Waals surface area contributed by atoms with Crippen molar-refractivity contribution in [3.05, 3.63) is 64.7 Å². The number of benzene rings is 2. The maximum atomic E-state index is 12.9. The van der Waals surface area contributed by atoms with E-state index in [0.29, 0.717) is 22.2 Å². The third kappa shape index (κ3) is 3.65. The fourth-order valence-corrected chi connectivity index (χ4v) is 3.51. The largest absolute Gasteiger partial charge is 0.478 e. The lowest BCUT2D eigenvalue weighted by molar-refractivity contribution is -0.125. The summed E-state index contributed by atoms with van der Waals surface area (Å²) in [6.45, 7) is 1.82. The van der Waals surface area contributed by atoms with Crippen molar-refractivity contribution >= 4 is 40.9 Å². The lowest BCUT2D eigenvalue weighted by Gasteiger charge is -2.24. The zero-order chi connectivity index (χ0) is 21.4. The quantitative estimate of drug-likeness (QED) is 0.590. The van der Waals surface area contributed by atoms with Gasteiger partial charge < -0.3 is 15.7 Å². The van der Waals surface area contributed by atoms with Crippen molar-refractivity contribution in [2.24, 2.45) is 0 Å². The number of hydrogen-bond donors (Lipinski definition) is 3. The minimum absolute atomic E-state index is 0.0508. The molecule has 0 saturated carbocycles. The van der Waals surface area contributed by atoms with Gasteiger partial charge >= 0.3 is 5.97 Å². The van der Waals surface area contributed by atoms with E-state index in [-0.39, 0.29) is 17.9 Å². The van der Waals surface area contributed by atoms with E-state index in [2.05, 4.69) is 15.7 Å². The van der Waals surface area contributed by atoms with Crippen molar-refractivity contribution in [1.82, 2.24) is 9.78 Å². The number of hydrogen-bond acceptors (Lipinski definition) is 4. The number of aromatic nitrogens is 2. The Labute approximate surface area is 176 Å². The highest BCUT2D eigenvalue weighted by molar-refractivity contribution is 6.30. The van der Waals surface area contributed by atoms with Gasteiger partial charge in [-0.25, -0.2) is 9.48 Å². The van der Waals surface area contributed by atoms with E-state index in [1.807, 2.05) is 19.1 Å². The average molecular weight is 425 g/mol. The predicted octanol–water partition coefficient (Wildman–Crippen LogP) is 3.73. The third-order valence-corrected chi connectivity index (χ3v) is 5.13. The molecule has 152 valence electrons. The van der Waals surface area contributed by atoms with Gasteiger partial charge in [0.25, 0.3) is 0 Å². The molecule has 8 nitrogen and oxygen atoms in total. The SMILES string of the molecule is Cc1c(-c2ccc(Cl)cc2)nn2c1NC(=O)C[C@H]2C(=O)Nc1cccc(C(=O)O)c1. The second kappa shape index (κ2) is 7.64. The second-order valence-electron chi connectivity index (χ2n) is 6.92. The van der Waals surface area contributed by atoms with Crippen molar-refractivity contribution in [1.29, 1.82) is 0 Å². The van der Waals surface area contributed by atoms with Crippen LogP contribution >= 0.6 is 11.6 Å². The van der Waals surface area contributed by atoms with Crippen LogP contribution in [0.1, 0.15) is 28.4 Å². The van der Waals surface area contributed by atoms with E-state index in [4.69, 9.17) is 16.7 Å². The van der Waals surface area contributed by atoms with Gasteiger partial charge in [-0.2, -0.15) is 5.10 Å². The summed E-state index contributed by atoms with van der Waals surface area (Å²) in [5.74, 6) is -1.40. The van der Waals surface area contributed by atoms with Crippen LogP contribution in [-0.2, 0) is 9.59 Å². The number of carbonyl (C=O) groups excluding carboxylic acids is 2. The molecule has 4 rings (SSSR count). The van der Waals surface area contributed by atoms with Gasteiger partial charge in [0.2, 0.25) is 11.8 Å². The molecule has 2 heterocycles. The molecule has 0 unspecified atom stereocenters. The summed E-state index contributed by atoms with van der Waals surface area (Å²) < 4.78 is 1.50.